The molecule has 5 nitrogen and oxygen atoms in total. The molecule has 0 radical (unpaired) electrons. The Labute approximate surface area is 159 Å². The summed E-state index contributed by atoms with van der Waals surface area (Å²) in [5.41, 5.74) is 0. The minimum Gasteiger partial charge on any atom is -0.394 e. The molecule has 0 spiro atoms. The molecule has 1 aliphatic heterocycles. The summed E-state index contributed by atoms with van der Waals surface area (Å²) in [6.07, 6.45) is 15.2. The van der Waals surface area contributed by atoms with Crippen LogP contribution in [0, 0.1) is 0 Å². The lowest BCUT2D eigenvalue weighted by atomic mass is 10.1. The molecule has 26 heavy (non-hydrogen) atoms. The minimum absolute atomic E-state index is 0.0876. The Morgan fingerprint density at radius 2 is 1.58 bits per heavy atom. The number of allylic oxidation sites excluding steroid dienone is 1. The Kier molecular flexibility index (Phi) is 14.1. The molecular weight excluding hydrogens is 332 g/mol. The van der Waals surface area contributed by atoms with Gasteiger partial charge >= 0.3 is 0 Å². The standard InChI is InChI=1S/C21H40O5/c1-2-3-4-5-6-7-8-9-10-11-12-13-14-15-25-19(16-22)21-20(24)18(23)17-26-21/h12-13,18-24H,2-11,14-17H2,1H3/b13-12+/t18-,19+,20+,21+/m1/s1. The van der Waals surface area contributed by atoms with E-state index < -0.39 is 24.4 Å². The Morgan fingerprint density at radius 1 is 0.962 bits per heavy atom. The first-order valence-electron chi connectivity index (χ1n) is 10.6. The minimum atomic E-state index is -0.991. The Hall–Kier alpha value is -0.460. The first-order valence-corrected chi connectivity index (χ1v) is 10.6. The van der Waals surface area contributed by atoms with Gasteiger partial charge in [-0.1, -0.05) is 70.4 Å². The van der Waals surface area contributed by atoms with Crippen molar-refractivity contribution in [3.63, 3.8) is 0 Å². The summed E-state index contributed by atoms with van der Waals surface area (Å²) >= 11 is 0. The van der Waals surface area contributed by atoms with E-state index in [4.69, 9.17) is 9.47 Å². The van der Waals surface area contributed by atoms with E-state index in [2.05, 4.69) is 19.1 Å². The van der Waals surface area contributed by atoms with Crippen molar-refractivity contribution in [2.75, 3.05) is 19.8 Å². The molecule has 3 N–H and O–H groups in total. The van der Waals surface area contributed by atoms with Crippen molar-refractivity contribution in [2.45, 2.75) is 102 Å². The third kappa shape index (κ3) is 10.0. The molecule has 0 aromatic heterocycles. The fraction of sp³-hybridized carbons (Fsp3) is 0.905. The van der Waals surface area contributed by atoms with Crippen LogP contribution in [0.15, 0.2) is 12.2 Å². The predicted octanol–water partition coefficient (Wildman–Crippen LogP) is 3.35. The van der Waals surface area contributed by atoms with Crippen molar-refractivity contribution in [3.05, 3.63) is 12.2 Å². The third-order valence-electron chi connectivity index (χ3n) is 4.99. The highest BCUT2D eigenvalue weighted by molar-refractivity contribution is 4.89. The molecule has 5 heteroatoms. The Bertz CT molecular complexity index is 347. The summed E-state index contributed by atoms with van der Waals surface area (Å²) in [6, 6.07) is 0. The van der Waals surface area contributed by atoms with Crippen molar-refractivity contribution < 1.29 is 24.8 Å². The van der Waals surface area contributed by atoms with E-state index in [-0.39, 0.29) is 13.2 Å². The average Bonchev–Trinajstić information content (AvgIpc) is 2.98. The summed E-state index contributed by atoms with van der Waals surface area (Å²) in [7, 11) is 0. The number of aliphatic hydroxyl groups excluding tert-OH is 3. The van der Waals surface area contributed by atoms with Gasteiger partial charge in [-0.05, 0) is 19.3 Å². The van der Waals surface area contributed by atoms with E-state index >= 15 is 0 Å². The van der Waals surface area contributed by atoms with Crippen molar-refractivity contribution >= 4 is 0 Å². The molecule has 0 aromatic rings. The molecule has 1 fully saturated rings. The molecule has 0 amide bonds. The second-order valence-corrected chi connectivity index (χ2v) is 7.32. The van der Waals surface area contributed by atoms with E-state index in [0.29, 0.717) is 6.61 Å². The first kappa shape index (κ1) is 23.6. The molecule has 0 saturated carbocycles. The van der Waals surface area contributed by atoms with Gasteiger partial charge in [0.05, 0.1) is 19.8 Å². The zero-order valence-corrected chi connectivity index (χ0v) is 16.5. The summed E-state index contributed by atoms with van der Waals surface area (Å²) in [5.74, 6) is 0. The van der Waals surface area contributed by atoms with Gasteiger partial charge in [-0.25, -0.2) is 0 Å². The number of rotatable bonds is 16. The molecule has 4 atom stereocenters. The van der Waals surface area contributed by atoms with E-state index in [1.165, 1.54) is 57.8 Å². The van der Waals surface area contributed by atoms with Crippen LogP contribution in [0.3, 0.4) is 0 Å². The fourth-order valence-corrected chi connectivity index (χ4v) is 3.30. The van der Waals surface area contributed by atoms with Gasteiger partial charge in [0.15, 0.2) is 0 Å². The van der Waals surface area contributed by atoms with E-state index in [9.17, 15) is 15.3 Å². The van der Waals surface area contributed by atoms with E-state index in [1.807, 2.05) is 0 Å². The maximum atomic E-state index is 9.79. The number of hydrogen-bond donors (Lipinski definition) is 3. The second-order valence-electron chi connectivity index (χ2n) is 7.32. The topological polar surface area (TPSA) is 79.2 Å². The molecule has 0 bridgehead atoms. The lowest BCUT2D eigenvalue weighted by Crippen LogP contribution is -2.42. The molecule has 1 rings (SSSR count). The highest BCUT2D eigenvalue weighted by atomic mass is 16.6. The van der Waals surface area contributed by atoms with E-state index in [0.717, 1.165) is 12.8 Å². The Morgan fingerprint density at radius 3 is 2.15 bits per heavy atom. The maximum Gasteiger partial charge on any atom is 0.114 e. The Balaban J connectivity index is 1.94. The van der Waals surface area contributed by atoms with Crippen molar-refractivity contribution in [2.24, 2.45) is 0 Å². The largest absolute Gasteiger partial charge is 0.394 e. The zero-order chi connectivity index (χ0) is 19.0. The zero-order valence-electron chi connectivity index (χ0n) is 16.5. The monoisotopic (exact) mass is 372 g/mol. The molecule has 0 aromatic carbocycles. The number of aliphatic hydroxyl groups is 3. The van der Waals surface area contributed by atoms with Crippen LogP contribution in [0.25, 0.3) is 0 Å². The van der Waals surface area contributed by atoms with Gasteiger partial charge in [-0.15, -0.1) is 0 Å². The highest BCUT2D eigenvalue weighted by Gasteiger charge is 2.40. The summed E-state index contributed by atoms with van der Waals surface area (Å²) < 4.78 is 10.9. The molecule has 0 unspecified atom stereocenters. The SMILES string of the molecule is CCCCCCCCCCC/C=C/CCO[C@@H](CO)[C@@H]1OC[C@@H](O)[C@@H]1O. The molecule has 154 valence electrons. The van der Waals surface area contributed by atoms with Crippen LogP contribution in [0.2, 0.25) is 0 Å². The lowest BCUT2D eigenvalue weighted by molar-refractivity contribution is -0.0996. The van der Waals surface area contributed by atoms with Gasteiger partial charge in [0.1, 0.15) is 24.4 Å². The van der Waals surface area contributed by atoms with Gasteiger partial charge in [0.2, 0.25) is 0 Å². The van der Waals surface area contributed by atoms with Gasteiger partial charge in [0.25, 0.3) is 0 Å². The van der Waals surface area contributed by atoms with Gasteiger partial charge < -0.3 is 24.8 Å². The predicted molar refractivity (Wildman–Crippen MR) is 104 cm³/mol. The molecule has 0 aliphatic carbocycles. The molecule has 1 aliphatic rings. The van der Waals surface area contributed by atoms with Crippen LogP contribution in [0.5, 0.6) is 0 Å². The lowest BCUT2D eigenvalue weighted by Gasteiger charge is -2.24. The second kappa shape index (κ2) is 15.6. The van der Waals surface area contributed by atoms with Crippen molar-refractivity contribution in [1.82, 2.24) is 0 Å². The van der Waals surface area contributed by atoms with Crippen LogP contribution >= 0.6 is 0 Å². The van der Waals surface area contributed by atoms with E-state index in [1.54, 1.807) is 0 Å². The van der Waals surface area contributed by atoms with Gasteiger partial charge in [0, 0.05) is 0 Å². The van der Waals surface area contributed by atoms with Crippen LogP contribution in [-0.2, 0) is 9.47 Å². The molecular formula is C21H40O5. The number of ether oxygens (including phenoxy) is 2. The highest BCUT2D eigenvalue weighted by Crippen LogP contribution is 2.19. The summed E-state index contributed by atoms with van der Waals surface area (Å²) in [5, 5.41) is 28.7. The van der Waals surface area contributed by atoms with Crippen LogP contribution in [-0.4, -0.2) is 59.6 Å². The maximum absolute atomic E-state index is 9.79. The number of hydrogen-bond acceptors (Lipinski definition) is 5. The van der Waals surface area contributed by atoms with Crippen LogP contribution in [0.4, 0.5) is 0 Å². The van der Waals surface area contributed by atoms with Crippen LogP contribution in [0.1, 0.15) is 77.6 Å². The fourth-order valence-electron chi connectivity index (χ4n) is 3.30. The van der Waals surface area contributed by atoms with Gasteiger partial charge in [-0.3, -0.25) is 0 Å². The first-order chi connectivity index (χ1) is 12.7. The third-order valence-corrected chi connectivity index (χ3v) is 4.99. The normalized spacial score (nSPS) is 24.5. The summed E-state index contributed by atoms with van der Waals surface area (Å²) in [4.78, 5) is 0. The number of unbranched alkanes of at least 4 members (excludes halogenated alkanes) is 9. The molecule has 1 heterocycles. The summed E-state index contributed by atoms with van der Waals surface area (Å²) in [6.45, 7) is 2.59. The van der Waals surface area contributed by atoms with Crippen molar-refractivity contribution in [3.8, 4) is 0 Å². The van der Waals surface area contributed by atoms with Gasteiger partial charge in [-0.2, -0.15) is 0 Å². The van der Waals surface area contributed by atoms with Crippen molar-refractivity contribution in [1.29, 1.82) is 0 Å². The van der Waals surface area contributed by atoms with Crippen LogP contribution < -0.4 is 0 Å². The molecule has 1 saturated heterocycles. The smallest absolute Gasteiger partial charge is 0.114 e. The average molecular weight is 373 g/mol. The quantitative estimate of drug-likeness (QED) is 0.286.